The summed E-state index contributed by atoms with van der Waals surface area (Å²) in [7, 11) is 1.74. The number of hydrogen-bond acceptors (Lipinski definition) is 4. The zero-order chi connectivity index (χ0) is 11.5. The Morgan fingerprint density at radius 1 is 1.62 bits per heavy atom. The molecule has 1 aliphatic heterocycles. The van der Waals surface area contributed by atoms with Crippen LogP contribution in [-0.2, 0) is 7.05 Å². The van der Waals surface area contributed by atoms with Gasteiger partial charge in [-0.25, -0.2) is 4.98 Å². The smallest absolute Gasteiger partial charge is 0.293 e. The van der Waals surface area contributed by atoms with Crippen LogP contribution in [0.4, 0.5) is 5.82 Å². The maximum Gasteiger partial charge on any atom is 0.293 e. The van der Waals surface area contributed by atoms with Crippen LogP contribution in [0.25, 0.3) is 0 Å². The average Bonchev–Trinajstić information content (AvgIpc) is 2.25. The molecule has 88 valence electrons. The molecule has 2 heterocycles. The summed E-state index contributed by atoms with van der Waals surface area (Å²) in [6.07, 6.45) is 5.37. The number of piperidine rings is 1. The maximum atomic E-state index is 11.7. The Kier molecular flexibility index (Phi) is 3.24. The number of anilines is 1. The molecule has 0 radical (unpaired) electrons. The van der Waals surface area contributed by atoms with Crippen molar-refractivity contribution in [1.29, 1.82) is 0 Å². The van der Waals surface area contributed by atoms with Crippen molar-refractivity contribution in [3.63, 3.8) is 0 Å². The van der Waals surface area contributed by atoms with Gasteiger partial charge >= 0.3 is 0 Å². The van der Waals surface area contributed by atoms with E-state index in [1.165, 1.54) is 0 Å². The van der Waals surface area contributed by atoms with Crippen molar-refractivity contribution < 1.29 is 0 Å². The molecular weight excluding hydrogens is 204 g/mol. The Morgan fingerprint density at radius 2 is 2.44 bits per heavy atom. The van der Waals surface area contributed by atoms with Crippen LogP contribution >= 0.6 is 0 Å². The molecule has 1 aromatic heterocycles. The minimum absolute atomic E-state index is 0.0614. The molecule has 0 spiro atoms. The van der Waals surface area contributed by atoms with Gasteiger partial charge in [0.2, 0.25) is 0 Å². The van der Waals surface area contributed by atoms with Gasteiger partial charge in [-0.15, -0.1) is 0 Å². The predicted octanol–water partition coefficient (Wildman–Crippen LogP) is 0.333. The summed E-state index contributed by atoms with van der Waals surface area (Å²) in [6.45, 7) is 3.15. The Hall–Kier alpha value is -1.36. The highest BCUT2D eigenvalue weighted by molar-refractivity contribution is 5.32. The van der Waals surface area contributed by atoms with Crippen LogP contribution in [-0.4, -0.2) is 28.2 Å². The summed E-state index contributed by atoms with van der Waals surface area (Å²) in [5.41, 5.74) is -0.0614. The Bertz CT molecular complexity index is 415. The van der Waals surface area contributed by atoms with Crippen molar-refractivity contribution in [2.24, 2.45) is 7.05 Å². The fourth-order valence-electron chi connectivity index (χ4n) is 2.05. The highest BCUT2D eigenvalue weighted by atomic mass is 16.1. The molecule has 0 aliphatic carbocycles. The van der Waals surface area contributed by atoms with Crippen LogP contribution in [0.15, 0.2) is 17.2 Å². The number of hydrogen-bond donors (Lipinski definition) is 2. The molecule has 1 aromatic rings. The molecule has 0 saturated carbocycles. The molecular formula is C11H18N4O. The molecule has 0 amide bonds. The van der Waals surface area contributed by atoms with Gasteiger partial charge in [-0.3, -0.25) is 4.79 Å². The van der Waals surface area contributed by atoms with Gasteiger partial charge in [0.05, 0.1) is 0 Å². The summed E-state index contributed by atoms with van der Waals surface area (Å²) in [6, 6.07) is 0.845. The fourth-order valence-corrected chi connectivity index (χ4v) is 2.05. The van der Waals surface area contributed by atoms with E-state index in [-0.39, 0.29) is 5.56 Å². The third-order valence-electron chi connectivity index (χ3n) is 2.98. The van der Waals surface area contributed by atoms with Crippen LogP contribution < -0.4 is 16.2 Å². The second kappa shape index (κ2) is 4.65. The zero-order valence-corrected chi connectivity index (χ0v) is 9.73. The Morgan fingerprint density at radius 3 is 3.19 bits per heavy atom. The Balaban J connectivity index is 2.09. The van der Waals surface area contributed by atoms with Crippen molar-refractivity contribution in [2.75, 3.05) is 11.9 Å². The molecule has 2 N–H and O–H groups in total. The minimum Gasteiger partial charge on any atom is -0.363 e. The normalized spacial score (nSPS) is 25.4. The first kappa shape index (κ1) is 11.1. The van der Waals surface area contributed by atoms with Crippen molar-refractivity contribution in [3.8, 4) is 0 Å². The number of nitrogens with zero attached hydrogens (tertiary/aromatic N) is 2. The number of aryl methyl sites for hydroxylation is 1. The third-order valence-corrected chi connectivity index (χ3v) is 2.98. The minimum atomic E-state index is -0.0614. The second-order valence-corrected chi connectivity index (χ2v) is 4.41. The van der Waals surface area contributed by atoms with Crippen LogP contribution in [0.3, 0.4) is 0 Å². The van der Waals surface area contributed by atoms with Gasteiger partial charge in [-0.2, -0.15) is 0 Å². The highest BCUT2D eigenvalue weighted by Crippen LogP contribution is 2.11. The first-order chi connectivity index (χ1) is 7.66. The van der Waals surface area contributed by atoms with Gasteiger partial charge in [0.1, 0.15) is 0 Å². The summed E-state index contributed by atoms with van der Waals surface area (Å²) in [5.74, 6) is 0.462. The molecule has 5 nitrogen and oxygen atoms in total. The van der Waals surface area contributed by atoms with Crippen molar-refractivity contribution in [3.05, 3.63) is 22.7 Å². The zero-order valence-electron chi connectivity index (χ0n) is 9.73. The molecule has 1 aliphatic rings. The molecule has 16 heavy (non-hydrogen) atoms. The topological polar surface area (TPSA) is 59.0 Å². The van der Waals surface area contributed by atoms with E-state index in [0.29, 0.717) is 17.9 Å². The number of nitrogens with one attached hydrogen (secondary N) is 2. The van der Waals surface area contributed by atoms with E-state index >= 15 is 0 Å². The standard InChI is InChI=1S/C11H18N4O/c1-8-7-9(3-4-12-8)14-10-11(16)15(2)6-5-13-10/h5-6,8-9,12H,3-4,7H2,1-2H3,(H,13,14). The maximum absolute atomic E-state index is 11.7. The molecule has 2 rings (SSSR count). The lowest BCUT2D eigenvalue weighted by Crippen LogP contribution is -2.42. The summed E-state index contributed by atoms with van der Waals surface area (Å²) < 4.78 is 1.54. The molecule has 0 bridgehead atoms. The number of rotatable bonds is 2. The van der Waals surface area contributed by atoms with Crippen LogP contribution in [0.1, 0.15) is 19.8 Å². The average molecular weight is 222 g/mol. The number of aromatic nitrogens is 2. The van der Waals surface area contributed by atoms with Crippen LogP contribution in [0.2, 0.25) is 0 Å². The van der Waals surface area contributed by atoms with E-state index in [9.17, 15) is 4.79 Å². The lowest BCUT2D eigenvalue weighted by Gasteiger charge is -2.28. The molecule has 2 unspecified atom stereocenters. The van der Waals surface area contributed by atoms with Crippen LogP contribution in [0.5, 0.6) is 0 Å². The SMILES string of the molecule is CC1CC(Nc2nccn(C)c2=O)CCN1. The Labute approximate surface area is 94.9 Å². The fraction of sp³-hybridized carbons (Fsp3) is 0.636. The summed E-state index contributed by atoms with van der Waals surface area (Å²) in [5, 5.41) is 6.62. The lowest BCUT2D eigenvalue weighted by molar-refractivity contribution is 0.395. The van der Waals surface area contributed by atoms with Crippen molar-refractivity contribution in [2.45, 2.75) is 31.8 Å². The molecule has 2 atom stereocenters. The predicted molar refractivity (Wildman–Crippen MR) is 63.6 cm³/mol. The molecule has 1 fully saturated rings. The largest absolute Gasteiger partial charge is 0.363 e. The van der Waals surface area contributed by atoms with E-state index < -0.39 is 0 Å². The van der Waals surface area contributed by atoms with Gasteiger partial charge < -0.3 is 15.2 Å². The van der Waals surface area contributed by atoms with E-state index in [2.05, 4.69) is 22.5 Å². The molecule has 1 saturated heterocycles. The second-order valence-electron chi connectivity index (χ2n) is 4.41. The van der Waals surface area contributed by atoms with Gasteiger partial charge in [-0.1, -0.05) is 0 Å². The molecule has 0 aromatic carbocycles. The summed E-state index contributed by atoms with van der Waals surface area (Å²) in [4.78, 5) is 15.8. The first-order valence-electron chi connectivity index (χ1n) is 5.68. The van der Waals surface area contributed by atoms with Gasteiger partial charge in [0, 0.05) is 31.5 Å². The monoisotopic (exact) mass is 222 g/mol. The van der Waals surface area contributed by atoms with Crippen LogP contribution in [0, 0.1) is 0 Å². The van der Waals surface area contributed by atoms with Gasteiger partial charge in [0.15, 0.2) is 5.82 Å². The van der Waals surface area contributed by atoms with Gasteiger partial charge in [0.25, 0.3) is 5.56 Å². The first-order valence-corrected chi connectivity index (χ1v) is 5.68. The van der Waals surface area contributed by atoms with E-state index in [0.717, 1.165) is 19.4 Å². The third kappa shape index (κ3) is 2.41. The quantitative estimate of drug-likeness (QED) is 0.757. The van der Waals surface area contributed by atoms with E-state index in [1.54, 1.807) is 24.0 Å². The van der Waals surface area contributed by atoms with E-state index in [1.807, 2.05) is 0 Å². The highest BCUT2D eigenvalue weighted by Gasteiger charge is 2.19. The van der Waals surface area contributed by atoms with Crippen molar-refractivity contribution >= 4 is 5.82 Å². The molecule has 5 heteroatoms. The van der Waals surface area contributed by atoms with Crippen molar-refractivity contribution in [1.82, 2.24) is 14.9 Å². The van der Waals surface area contributed by atoms with Gasteiger partial charge in [-0.05, 0) is 26.3 Å². The lowest BCUT2D eigenvalue weighted by atomic mass is 10.0. The van der Waals surface area contributed by atoms with E-state index in [4.69, 9.17) is 0 Å². The summed E-state index contributed by atoms with van der Waals surface area (Å²) >= 11 is 0.